The first-order chi connectivity index (χ1) is 12.1. The first-order valence-electron chi connectivity index (χ1n) is 7.09. The number of ether oxygens (including phenoxy) is 2. The second-order valence-electron chi connectivity index (χ2n) is 4.98. The molecule has 0 aliphatic heterocycles. The molecule has 0 aliphatic rings. The second-order valence-corrected chi connectivity index (χ2v) is 6.87. The average molecular weight is 389 g/mol. The lowest BCUT2D eigenvalue weighted by atomic mass is 10.2. The van der Waals surface area contributed by atoms with Gasteiger partial charge in [-0.2, -0.15) is 13.2 Å². The van der Waals surface area contributed by atoms with Crippen LogP contribution >= 0.6 is 0 Å². The third-order valence-corrected chi connectivity index (χ3v) is 4.74. The Labute approximate surface area is 147 Å². The van der Waals surface area contributed by atoms with E-state index in [1.807, 2.05) is 0 Å². The summed E-state index contributed by atoms with van der Waals surface area (Å²) in [7, 11) is -1.57. The predicted molar refractivity (Wildman–Crippen MR) is 85.5 cm³/mol. The number of sulfonamides is 1. The summed E-state index contributed by atoms with van der Waals surface area (Å²) in [4.78, 5) is 11.7. The van der Waals surface area contributed by atoms with Crippen molar-refractivity contribution in [2.45, 2.75) is 11.1 Å². The number of hydrogen-bond acceptors (Lipinski definition) is 5. The van der Waals surface area contributed by atoms with Gasteiger partial charge in [0.15, 0.2) is 0 Å². The minimum absolute atomic E-state index is 0.147. The molecule has 0 atom stereocenters. The topological polar surface area (TPSA) is 81.7 Å². The maximum Gasteiger partial charge on any atom is 0.416 e. The molecule has 0 fully saturated rings. The van der Waals surface area contributed by atoms with E-state index in [4.69, 9.17) is 4.74 Å². The van der Waals surface area contributed by atoms with E-state index in [9.17, 15) is 26.4 Å². The Bertz CT molecular complexity index is 926. The van der Waals surface area contributed by atoms with E-state index in [1.54, 1.807) is 0 Å². The van der Waals surface area contributed by atoms with Crippen LogP contribution in [0.25, 0.3) is 0 Å². The van der Waals surface area contributed by atoms with Crippen LogP contribution in [0.4, 0.5) is 13.2 Å². The van der Waals surface area contributed by atoms with Crippen molar-refractivity contribution in [1.29, 1.82) is 0 Å². The summed E-state index contributed by atoms with van der Waals surface area (Å²) in [5, 5.41) is 0. The fraction of sp³-hybridized carbons (Fsp3) is 0.188. The van der Waals surface area contributed by atoms with Crippen molar-refractivity contribution in [3.8, 4) is 11.5 Å². The molecular weight excluding hydrogens is 375 g/mol. The quantitative estimate of drug-likeness (QED) is 0.795. The van der Waals surface area contributed by atoms with Gasteiger partial charge < -0.3 is 9.47 Å². The molecule has 0 aromatic heterocycles. The molecule has 26 heavy (non-hydrogen) atoms. The average Bonchev–Trinajstić information content (AvgIpc) is 2.60. The van der Waals surface area contributed by atoms with Crippen molar-refractivity contribution >= 4 is 16.0 Å². The number of rotatable bonds is 5. The van der Waals surface area contributed by atoms with E-state index in [2.05, 4.69) is 9.46 Å². The highest BCUT2D eigenvalue weighted by atomic mass is 32.2. The van der Waals surface area contributed by atoms with Crippen LogP contribution in [0.1, 0.15) is 15.9 Å². The Balaban J connectivity index is 2.48. The number of halogens is 3. The van der Waals surface area contributed by atoms with Gasteiger partial charge in [-0.3, -0.25) is 0 Å². The molecule has 0 radical (unpaired) electrons. The fourth-order valence-electron chi connectivity index (χ4n) is 2.02. The maximum absolute atomic E-state index is 12.8. The standard InChI is InChI=1S/C16H14F3NO5S/c1-20-26(22,23)12-6-7-14(13(9-12)15(21)24-2)25-11-5-3-4-10(8-11)16(17,18)19/h3-9,20H,1-2H3. The summed E-state index contributed by atoms with van der Waals surface area (Å²) in [6, 6.07) is 7.39. The normalized spacial score (nSPS) is 11.9. The number of alkyl halides is 3. The van der Waals surface area contributed by atoms with Crippen LogP contribution in [0.5, 0.6) is 11.5 Å². The molecule has 0 heterocycles. The second kappa shape index (κ2) is 7.34. The Morgan fingerprint density at radius 1 is 1.12 bits per heavy atom. The Hall–Kier alpha value is -2.59. The number of carbonyl (C=O) groups excluding carboxylic acids is 1. The molecule has 0 saturated carbocycles. The van der Waals surface area contributed by atoms with Crippen LogP contribution in [-0.2, 0) is 20.9 Å². The minimum Gasteiger partial charge on any atom is -0.465 e. The van der Waals surface area contributed by atoms with E-state index in [1.165, 1.54) is 13.1 Å². The van der Waals surface area contributed by atoms with Gasteiger partial charge in [0.05, 0.1) is 17.6 Å². The molecule has 2 aromatic rings. The molecule has 0 spiro atoms. The predicted octanol–water partition coefficient (Wildman–Crippen LogP) is 3.19. The van der Waals surface area contributed by atoms with Gasteiger partial charge in [0, 0.05) is 0 Å². The summed E-state index contributed by atoms with van der Waals surface area (Å²) in [5.74, 6) is -1.22. The minimum atomic E-state index is -4.56. The van der Waals surface area contributed by atoms with Gasteiger partial charge in [0.25, 0.3) is 0 Å². The van der Waals surface area contributed by atoms with Crippen molar-refractivity contribution in [3.63, 3.8) is 0 Å². The molecule has 1 N–H and O–H groups in total. The van der Waals surface area contributed by atoms with Gasteiger partial charge in [-0.05, 0) is 43.4 Å². The largest absolute Gasteiger partial charge is 0.465 e. The lowest BCUT2D eigenvalue weighted by molar-refractivity contribution is -0.137. The molecule has 140 valence electrons. The summed E-state index contributed by atoms with van der Waals surface area (Å²) in [6.45, 7) is 0. The Morgan fingerprint density at radius 2 is 1.81 bits per heavy atom. The zero-order valence-corrected chi connectivity index (χ0v) is 14.4. The zero-order chi connectivity index (χ0) is 19.5. The first-order valence-corrected chi connectivity index (χ1v) is 8.58. The van der Waals surface area contributed by atoms with E-state index in [0.29, 0.717) is 0 Å². The van der Waals surface area contributed by atoms with Gasteiger partial charge >= 0.3 is 12.1 Å². The fourth-order valence-corrected chi connectivity index (χ4v) is 2.77. The SMILES string of the molecule is CNS(=O)(=O)c1ccc(Oc2cccc(C(F)(F)F)c2)c(C(=O)OC)c1. The lowest BCUT2D eigenvalue weighted by Crippen LogP contribution is -2.19. The van der Waals surface area contributed by atoms with Crippen molar-refractivity contribution in [2.75, 3.05) is 14.2 Å². The summed E-state index contributed by atoms with van der Waals surface area (Å²) in [5.41, 5.74) is -1.18. The third-order valence-electron chi connectivity index (χ3n) is 3.32. The van der Waals surface area contributed by atoms with E-state index < -0.39 is 27.7 Å². The van der Waals surface area contributed by atoms with E-state index in [0.717, 1.165) is 43.5 Å². The molecule has 6 nitrogen and oxygen atoms in total. The molecule has 2 aromatic carbocycles. The van der Waals surface area contributed by atoms with Crippen molar-refractivity contribution in [3.05, 3.63) is 53.6 Å². The molecule has 0 amide bonds. The van der Waals surface area contributed by atoms with E-state index >= 15 is 0 Å². The van der Waals surface area contributed by atoms with Crippen LogP contribution in [0.3, 0.4) is 0 Å². The summed E-state index contributed by atoms with van der Waals surface area (Å²) < 4.78 is 74.1. The van der Waals surface area contributed by atoms with Gasteiger partial charge in [-0.25, -0.2) is 17.9 Å². The van der Waals surface area contributed by atoms with Gasteiger partial charge in [0.1, 0.15) is 17.1 Å². The van der Waals surface area contributed by atoms with Crippen LogP contribution in [0, 0.1) is 0 Å². The van der Waals surface area contributed by atoms with E-state index in [-0.39, 0.29) is 22.0 Å². The molecule has 10 heteroatoms. The first kappa shape index (κ1) is 19.7. The zero-order valence-electron chi connectivity index (χ0n) is 13.6. The van der Waals surface area contributed by atoms with Crippen molar-refractivity contribution in [2.24, 2.45) is 0 Å². The highest BCUT2D eigenvalue weighted by molar-refractivity contribution is 7.89. The Kier molecular flexibility index (Phi) is 5.57. The molecule has 0 unspecified atom stereocenters. The number of methoxy groups -OCH3 is 1. The molecule has 0 aliphatic carbocycles. The molecule has 0 saturated heterocycles. The smallest absolute Gasteiger partial charge is 0.416 e. The molecule has 0 bridgehead atoms. The number of hydrogen-bond donors (Lipinski definition) is 1. The van der Waals surface area contributed by atoms with Crippen LogP contribution < -0.4 is 9.46 Å². The summed E-state index contributed by atoms with van der Waals surface area (Å²) >= 11 is 0. The van der Waals surface area contributed by atoms with Crippen LogP contribution in [-0.4, -0.2) is 28.5 Å². The van der Waals surface area contributed by atoms with Crippen LogP contribution in [0.15, 0.2) is 47.4 Å². The highest BCUT2D eigenvalue weighted by Crippen LogP contribution is 2.34. The van der Waals surface area contributed by atoms with Crippen LogP contribution in [0.2, 0.25) is 0 Å². The van der Waals surface area contributed by atoms with Gasteiger partial charge in [0.2, 0.25) is 10.0 Å². The van der Waals surface area contributed by atoms with Gasteiger partial charge in [-0.1, -0.05) is 6.07 Å². The third kappa shape index (κ3) is 4.33. The maximum atomic E-state index is 12.8. The van der Waals surface area contributed by atoms with Crippen molar-refractivity contribution in [1.82, 2.24) is 4.72 Å². The Morgan fingerprint density at radius 3 is 2.38 bits per heavy atom. The monoisotopic (exact) mass is 389 g/mol. The number of benzene rings is 2. The highest BCUT2D eigenvalue weighted by Gasteiger charge is 2.30. The van der Waals surface area contributed by atoms with Crippen molar-refractivity contribution < 1.29 is 35.9 Å². The lowest BCUT2D eigenvalue weighted by Gasteiger charge is -2.13. The summed E-state index contributed by atoms with van der Waals surface area (Å²) in [6.07, 6.45) is -4.56. The number of nitrogens with one attached hydrogen (secondary N) is 1. The molecule has 2 rings (SSSR count). The number of esters is 1. The van der Waals surface area contributed by atoms with Gasteiger partial charge in [-0.15, -0.1) is 0 Å². The number of carbonyl (C=O) groups is 1. The molecular formula is C16H14F3NO5S.